The summed E-state index contributed by atoms with van der Waals surface area (Å²) in [7, 11) is 1.61. The molecule has 184 valence electrons. The summed E-state index contributed by atoms with van der Waals surface area (Å²) < 4.78 is 24.9. The van der Waals surface area contributed by atoms with Gasteiger partial charge < -0.3 is 19.9 Å². The van der Waals surface area contributed by atoms with Gasteiger partial charge in [-0.1, -0.05) is 29.4 Å². The van der Waals surface area contributed by atoms with E-state index in [0.29, 0.717) is 5.82 Å². The molecule has 2 N–H and O–H groups in total. The minimum atomic E-state index is -1.37. The quantitative estimate of drug-likeness (QED) is 0.571. The predicted molar refractivity (Wildman–Crippen MR) is 129 cm³/mol. The molecule has 9 heteroatoms. The SMILES string of the molecule is Cc1ccccc1C1(c2noc(/C(N)=C/C(=NCCN(C)C(=O)OC(C)(C)C)C(C)F)n2)CC1. The van der Waals surface area contributed by atoms with Crippen LogP contribution >= 0.6 is 0 Å². The van der Waals surface area contributed by atoms with E-state index in [1.54, 1.807) is 27.8 Å². The van der Waals surface area contributed by atoms with E-state index in [0.717, 1.165) is 12.8 Å². The van der Waals surface area contributed by atoms with E-state index in [1.807, 2.05) is 12.1 Å². The number of aryl methyl sites for hydroxylation is 1. The van der Waals surface area contributed by atoms with E-state index in [1.165, 1.54) is 29.0 Å². The zero-order valence-electron chi connectivity index (χ0n) is 20.8. The molecule has 0 radical (unpaired) electrons. The van der Waals surface area contributed by atoms with Crippen LogP contribution in [-0.2, 0) is 10.2 Å². The minimum absolute atomic E-state index is 0.133. The highest BCUT2D eigenvalue weighted by Gasteiger charge is 2.50. The van der Waals surface area contributed by atoms with E-state index in [4.69, 9.17) is 15.0 Å². The monoisotopic (exact) mass is 471 g/mol. The Bertz CT molecular complexity index is 1080. The fraction of sp³-hybridized carbons (Fsp3) is 0.520. The molecule has 0 spiro atoms. The molecule has 0 bridgehead atoms. The van der Waals surface area contributed by atoms with Crippen LogP contribution in [-0.4, -0.2) is 58.8 Å². The lowest BCUT2D eigenvalue weighted by Gasteiger charge is -2.24. The zero-order valence-corrected chi connectivity index (χ0v) is 20.8. The number of amides is 1. The van der Waals surface area contributed by atoms with Crippen LogP contribution in [0.15, 0.2) is 39.9 Å². The first-order chi connectivity index (χ1) is 15.9. The molecule has 1 amide bonds. The smallest absolute Gasteiger partial charge is 0.410 e. The number of carbonyl (C=O) groups is 1. The summed E-state index contributed by atoms with van der Waals surface area (Å²) in [6, 6.07) is 8.16. The van der Waals surface area contributed by atoms with Crippen LogP contribution in [0.3, 0.4) is 0 Å². The van der Waals surface area contributed by atoms with Gasteiger partial charge in [-0.3, -0.25) is 4.99 Å². The molecule has 1 atom stereocenters. The predicted octanol–water partition coefficient (Wildman–Crippen LogP) is 4.42. The second kappa shape index (κ2) is 9.95. The summed E-state index contributed by atoms with van der Waals surface area (Å²) >= 11 is 0. The molecule has 0 aliphatic heterocycles. The molecule has 1 saturated carbocycles. The van der Waals surface area contributed by atoms with Crippen LogP contribution in [0.1, 0.15) is 63.4 Å². The Morgan fingerprint density at radius 3 is 2.65 bits per heavy atom. The Hall–Kier alpha value is -3.23. The topological polar surface area (TPSA) is 107 Å². The van der Waals surface area contributed by atoms with Gasteiger partial charge in [0, 0.05) is 13.6 Å². The zero-order chi connectivity index (χ0) is 25.1. The lowest BCUT2D eigenvalue weighted by Crippen LogP contribution is -2.35. The van der Waals surface area contributed by atoms with Gasteiger partial charge in [0.1, 0.15) is 11.8 Å². The van der Waals surface area contributed by atoms with Gasteiger partial charge in [0.25, 0.3) is 5.89 Å². The molecule has 1 heterocycles. The summed E-state index contributed by atoms with van der Waals surface area (Å²) in [5.74, 6) is 0.716. The van der Waals surface area contributed by atoms with Crippen molar-refractivity contribution in [1.29, 1.82) is 0 Å². The maximum atomic E-state index is 14.2. The second-order valence-electron chi connectivity index (χ2n) is 9.74. The maximum absolute atomic E-state index is 14.2. The number of aliphatic imine (C=N–C) groups is 1. The molecular formula is C25H34FN5O3. The highest BCUT2D eigenvalue weighted by Crippen LogP contribution is 2.53. The lowest BCUT2D eigenvalue weighted by atomic mass is 9.91. The normalized spacial score (nSPS) is 16.8. The fourth-order valence-corrected chi connectivity index (χ4v) is 3.65. The first kappa shape index (κ1) is 25.4. The number of allylic oxidation sites excluding steroid dienone is 1. The number of hydrogen-bond acceptors (Lipinski definition) is 7. The number of nitrogens with two attached hydrogens (primary N) is 1. The summed E-state index contributed by atoms with van der Waals surface area (Å²) in [5, 5.41) is 4.18. The molecule has 1 unspecified atom stereocenters. The number of aromatic nitrogens is 2. The number of carbonyl (C=O) groups excluding carboxylic acids is 1. The van der Waals surface area contributed by atoms with E-state index in [-0.39, 0.29) is 35.8 Å². The highest BCUT2D eigenvalue weighted by atomic mass is 19.1. The van der Waals surface area contributed by atoms with E-state index in [2.05, 4.69) is 34.2 Å². The van der Waals surface area contributed by atoms with Gasteiger partial charge in [0.05, 0.1) is 23.4 Å². The molecule has 1 aromatic heterocycles. The Kier molecular flexibility index (Phi) is 7.43. The number of nitrogens with zero attached hydrogens (tertiary/aromatic N) is 4. The van der Waals surface area contributed by atoms with Crippen molar-refractivity contribution in [2.24, 2.45) is 10.7 Å². The molecule has 1 aliphatic carbocycles. The summed E-state index contributed by atoms with van der Waals surface area (Å²) in [5.41, 5.74) is 7.94. The molecule has 0 saturated heterocycles. The third-order valence-corrected chi connectivity index (χ3v) is 5.66. The van der Waals surface area contributed by atoms with Crippen molar-refractivity contribution >= 4 is 17.5 Å². The van der Waals surface area contributed by atoms with E-state index in [9.17, 15) is 9.18 Å². The van der Waals surface area contributed by atoms with Gasteiger partial charge in [-0.05, 0) is 64.7 Å². The van der Waals surface area contributed by atoms with Gasteiger partial charge in [-0.2, -0.15) is 4.98 Å². The van der Waals surface area contributed by atoms with Gasteiger partial charge in [-0.15, -0.1) is 0 Å². The summed E-state index contributed by atoms with van der Waals surface area (Å²) in [6.07, 6.45) is 1.44. The molecule has 34 heavy (non-hydrogen) atoms. The van der Waals surface area contributed by atoms with E-state index < -0.39 is 17.9 Å². The van der Waals surface area contributed by atoms with Crippen LogP contribution in [0.4, 0.5) is 9.18 Å². The molecule has 8 nitrogen and oxygen atoms in total. The molecule has 1 aromatic carbocycles. The fourth-order valence-electron chi connectivity index (χ4n) is 3.65. The van der Waals surface area contributed by atoms with Gasteiger partial charge in [0.2, 0.25) is 0 Å². The molecular weight excluding hydrogens is 437 g/mol. The molecule has 3 rings (SSSR count). The Morgan fingerprint density at radius 2 is 2.06 bits per heavy atom. The molecule has 2 aromatic rings. The summed E-state index contributed by atoms with van der Waals surface area (Å²) in [4.78, 5) is 22.3. The van der Waals surface area contributed by atoms with Crippen LogP contribution in [0, 0.1) is 6.92 Å². The third-order valence-electron chi connectivity index (χ3n) is 5.66. The number of benzene rings is 1. The van der Waals surface area contributed by atoms with Crippen LogP contribution in [0.25, 0.3) is 5.70 Å². The van der Waals surface area contributed by atoms with Crippen LogP contribution in [0.5, 0.6) is 0 Å². The number of halogens is 1. The van der Waals surface area contributed by atoms with Crippen molar-refractivity contribution in [2.75, 3.05) is 20.1 Å². The first-order valence-corrected chi connectivity index (χ1v) is 11.4. The largest absolute Gasteiger partial charge is 0.444 e. The number of likely N-dealkylation sites (N-methyl/N-ethyl adjacent to an activating group) is 1. The van der Waals surface area contributed by atoms with Crippen molar-refractivity contribution in [3.8, 4) is 0 Å². The average molecular weight is 472 g/mol. The number of hydrogen-bond donors (Lipinski definition) is 1. The van der Waals surface area contributed by atoms with Crippen LogP contribution < -0.4 is 5.73 Å². The maximum Gasteiger partial charge on any atom is 0.410 e. The second-order valence-corrected chi connectivity index (χ2v) is 9.74. The Labute approximate surface area is 200 Å². The van der Waals surface area contributed by atoms with Crippen molar-refractivity contribution < 1.29 is 18.4 Å². The van der Waals surface area contributed by atoms with Gasteiger partial charge >= 0.3 is 6.09 Å². The molecule has 1 aliphatic rings. The lowest BCUT2D eigenvalue weighted by molar-refractivity contribution is 0.0304. The van der Waals surface area contributed by atoms with Crippen LogP contribution in [0.2, 0.25) is 0 Å². The van der Waals surface area contributed by atoms with Crippen molar-refractivity contribution in [1.82, 2.24) is 15.0 Å². The molecule has 1 fully saturated rings. The van der Waals surface area contributed by atoms with Crippen molar-refractivity contribution in [3.05, 3.63) is 53.2 Å². The average Bonchev–Trinajstić information content (AvgIpc) is 3.39. The number of alkyl halides is 1. The standard InChI is InChI=1S/C25H34FN5O3/c1-16-9-7-8-10-18(16)25(11-12-25)22-29-21(34-30-22)19(27)15-20(17(2)26)28-13-14-31(6)23(32)33-24(3,4)5/h7-10,15,17H,11-14,27H2,1-6H3/b19-15-,28-20?. The summed E-state index contributed by atoms with van der Waals surface area (Å²) in [6.45, 7) is 9.28. The van der Waals surface area contributed by atoms with Crippen molar-refractivity contribution in [2.45, 2.75) is 64.6 Å². The Balaban J connectivity index is 1.71. The van der Waals surface area contributed by atoms with Gasteiger partial charge in [-0.25, -0.2) is 9.18 Å². The highest BCUT2D eigenvalue weighted by molar-refractivity contribution is 6.02. The van der Waals surface area contributed by atoms with Gasteiger partial charge in [0.15, 0.2) is 5.82 Å². The van der Waals surface area contributed by atoms with E-state index >= 15 is 0 Å². The Morgan fingerprint density at radius 1 is 1.38 bits per heavy atom. The third kappa shape index (κ3) is 6.01. The number of ether oxygens (including phenoxy) is 1. The minimum Gasteiger partial charge on any atom is -0.444 e. The number of rotatable bonds is 8. The first-order valence-electron chi connectivity index (χ1n) is 11.4. The van der Waals surface area contributed by atoms with Crippen molar-refractivity contribution in [3.63, 3.8) is 0 Å².